The summed E-state index contributed by atoms with van der Waals surface area (Å²) >= 11 is 3.32. The lowest BCUT2D eigenvalue weighted by Gasteiger charge is -2.07. The maximum Gasteiger partial charge on any atom is 0.343 e. The Morgan fingerprint density at radius 2 is 2.04 bits per heavy atom. The summed E-state index contributed by atoms with van der Waals surface area (Å²) in [5, 5.41) is 14.8. The Kier molecular flexibility index (Phi) is 7.64. The topological polar surface area (TPSA) is 120 Å². The zero-order valence-electron chi connectivity index (χ0n) is 14.8. The molecule has 28 heavy (non-hydrogen) atoms. The molecule has 0 saturated heterocycles. The molecule has 0 atom stereocenters. The Hall–Kier alpha value is -3.27. The van der Waals surface area contributed by atoms with Gasteiger partial charge in [0.2, 0.25) is 5.91 Å². The number of nitro benzene ring substituents is 1. The molecule has 0 radical (unpaired) electrons. The number of ether oxygens (including phenoxy) is 2. The second-order valence-corrected chi connectivity index (χ2v) is 6.26. The number of amides is 1. The van der Waals surface area contributed by atoms with Gasteiger partial charge in [0.1, 0.15) is 5.75 Å². The second-order valence-electron chi connectivity index (χ2n) is 5.41. The Bertz CT molecular complexity index is 916. The van der Waals surface area contributed by atoms with E-state index in [-0.39, 0.29) is 18.7 Å². The highest BCUT2D eigenvalue weighted by Crippen LogP contribution is 2.25. The highest BCUT2D eigenvalue weighted by Gasteiger charge is 2.15. The van der Waals surface area contributed by atoms with Gasteiger partial charge in [0, 0.05) is 11.6 Å². The molecule has 0 aliphatic heterocycles. The van der Waals surface area contributed by atoms with Gasteiger partial charge in [0.25, 0.3) is 5.69 Å². The number of halogens is 1. The summed E-state index contributed by atoms with van der Waals surface area (Å²) in [5.41, 5.74) is 3.17. The first-order valence-electron chi connectivity index (χ1n) is 7.94. The predicted molar refractivity (Wildman–Crippen MR) is 104 cm³/mol. The smallest absolute Gasteiger partial charge is 0.343 e. The van der Waals surface area contributed by atoms with Crippen molar-refractivity contribution in [3.05, 3.63) is 68.2 Å². The van der Waals surface area contributed by atoms with Crippen LogP contribution in [0.1, 0.15) is 11.1 Å². The number of hydrazone groups is 1. The van der Waals surface area contributed by atoms with E-state index in [1.54, 1.807) is 24.3 Å². The SMILES string of the molecule is COC(=O)COc1ccc(C=NNC(=O)Cc2ccccc2[N+](=O)[O-])cc1Br. The Morgan fingerprint density at radius 3 is 2.71 bits per heavy atom. The molecule has 0 fully saturated rings. The normalized spacial score (nSPS) is 10.5. The molecule has 146 valence electrons. The molecule has 0 spiro atoms. The van der Waals surface area contributed by atoms with Crippen LogP contribution in [0, 0.1) is 10.1 Å². The van der Waals surface area contributed by atoms with E-state index in [1.807, 2.05) is 0 Å². The lowest BCUT2D eigenvalue weighted by molar-refractivity contribution is -0.385. The standard InChI is InChI=1S/C18H16BrN3O6/c1-27-18(24)11-28-16-7-6-12(8-14(16)19)10-20-21-17(23)9-13-4-2-3-5-15(13)22(25)26/h2-8,10H,9,11H2,1H3,(H,21,23). The number of nitrogens with zero attached hydrogens (tertiary/aromatic N) is 2. The minimum absolute atomic E-state index is 0.117. The first-order chi connectivity index (χ1) is 13.4. The van der Waals surface area contributed by atoms with Gasteiger partial charge in [-0.3, -0.25) is 14.9 Å². The molecule has 0 saturated carbocycles. The van der Waals surface area contributed by atoms with E-state index in [1.165, 1.54) is 31.5 Å². The van der Waals surface area contributed by atoms with Crippen molar-refractivity contribution in [3.8, 4) is 5.75 Å². The molecule has 0 aromatic heterocycles. The van der Waals surface area contributed by atoms with Crippen LogP contribution in [-0.2, 0) is 20.7 Å². The van der Waals surface area contributed by atoms with Gasteiger partial charge in [-0.05, 0) is 39.7 Å². The Morgan fingerprint density at radius 1 is 1.29 bits per heavy atom. The van der Waals surface area contributed by atoms with Gasteiger partial charge in [-0.1, -0.05) is 18.2 Å². The average molecular weight is 450 g/mol. The van der Waals surface area contributed by atoms with Crippen molar-refractivity contribution in [2.45, 2.75) is 6.42 Å². The molecule has 0 aliphatic carbocycles. The van der Waals surface area contributed by atoms with Crippen molar-refractivity contribution in [2.75, 3.05) is 13.7 Å². The van der Waals surface area contributed by atoms with Crippen LogP contribution in [0.15, 0.2) is 52.0 Å². The van der Waals surface area contributed by atoms with Crippen molar-refractivity contribution >= 4 is 39.7 Å². The number of esters is 1. The van der Waals surface area contributed by atoms with E-state index in [9.17, 15) is 19.7 Å². The molecule has 2 rings (SSSR count). The van der Waals surface area contributed by atoms with E-state index in [0.717, 1.165) is 0 Å². The molecule has 9 nitrogen and oxygen atoms in total. The summed E-state index contributed by atoms with van der Waals surface area (Å²) in [6.45, 7) is -0.218. The van der Waals surface area contributed by atoms with Crippen LogP contribution in [0.5, 0.6) is 5.75 Å². The van der Waals surface area contributed by atoms with Crippen molar-refractivity contribution in [3.63, 3.8) is 0 Å². The average Bonchev–Trinajstić information content (AvgIpc) is 2.67. The summed E-state index contributed by atoms with van der Waals surface area (Å²) in [6, 6.07) is 11.0. The van der Waals surface area contributed by atoms with Crippen LogP contribution in [0.25, 0.3) is 0 Å². The van der Waals surface area contributed by atoms with Crippen molar-refractivity contribution in [1.82, 2.24) is 5.43 Å². The predicted octanol–water partition coefficient (Wildman–Crippen LogP) is 2.60. The van der Waals surface area contributed by atoms with E-state index < -0.39 is 16.8 Å². The third kappa shape index (κ3) is 6.16. The fourth-order valence-electron chi connectivity index (χ4n) is 2.14. The molecule has 0 bridgehead atoms. The summed E-state index contributed by atoms with van der Waals surface area (Å²) in [4.78, 5) is 33.5. The number of rotatable bonds is 8. The molecular weight excluding hydrogens is 434 g/mol. The second kappa shape index (κ2) is 10.2. The molecule has 2 aromatic carbocycles. The molecule has 0 heterocycles. The molecule has 0 unspecified atom stereocenters. The van der Waals surface area contributed by atoms with Crippen LogP contribution in [-0.4, -0.2) is 36.7 Å². The first-order valence-corrected chi connectivity index (χ1v) is 8.73. The fourth-order valence-corrected chi connectivity index (χ4v) is 2.65. The molecule has 0 aliphatic rings. The van der Waals surface area contributed by atoms with Gasteiger partial charge in [0.05, 0.1) is 29.1 Å². The van der Waals surface area contributed by atoms with Crippen molar-refractivity contribution < 1.29 is 24.0 Å². The molecule has 1 amide bonds. The van der Waals surface area contributed by atoms with Gasteiger partial charge >= 0.3 is 5.97 Å². The minimum Gasteiger partial charge on any atom is -0.481 e. The van der Waals surface area contributed by atoms with Crippen LogP contribution < -0.4 is 10.2 Å². The highest BCUT2D eigenvalue weighted by atomic mass is 79.9. The maximum absolute atomic E-state index is 12.0. The van der Waals surface area contributed by atoms with E-state index >= 15 is 0 Å². The summed E-state index contributed by atoms with van der Waals surface area (Å²) in [7, 11) is 1.27. The number of hydrogen-bond acceptors (Lipinski definition) is 7. The van der Waals surface area contributed by atoms with Gasteiger partial charge in [0.15, 0.2) is 6.61 Å². The zero-order valence-corrected chi connectivity index (χ0v) is 16.3. The van der Waals surface area contributed by atoms with Crippen LogP contribution in [0.3, 0.4) is 0 Å². The molecule has 1 N–H and O–H groups in total. The van der Waals surface area contributed by atoms with Crippen LogP contribution in [0.4, 0.5) is 5.69 Å². The molecular formula is C18H16BrN3O6. The number of nitro groups is 1. The zero-order chi connectivity index (χ0) is 20.5. The van der Waals surface area contributed by atoms with E-state index in [2.05, 4.69) is 31.2 Å². The summed E-state index contributed by atoms with van der Waals surface area (Å²) < 4.78 is 10.4. The Labute approximate surface area is 168 Å². The number of methoxy groups -OCH3 is 1. The number of hydrogen-bond donors (Lipinski definition) is 1. The van der Waals surface area contributed by atoms with Gasteiger partial charge < -0.3 is 9.47 Å². The maximum atomic E-state index is 12.0. The van der Waals surface area contributed by atoms with Crippen molar-refractivity contribution in [1.29, 1.82) is 0 Å². The summed E-state index contributed by atoms with van der Waals surface area (Å²) in [6.07, 6.45) is 1.24. The lowest BCUT2D eigenvalue weighted by Crippen LogP contribution is -2.20. The molecule has 2 aromatic rings. The number of carbonyl (C=O) groups excluding carboxylic acids is 2. The highest BCUT2D eigenvalue weighted by molar-refractivity contribution is 9.10. The minimum atomic E-state index is -0.534. The number of carbonyl (C=O) groups is 2. The van der Waals surface area contributed by atoms with Crippen LogP contribution in [0.2, 0.25) is 0 Å². The number of para-hydroxylation sites is 1. The monoisotopic (exact) mass is 449 g/mol. The number of benzene rings is 2. The van der Waals surface area contributed by atoms with Crippen LogP contribution >= 0.6 is 15.9 Å². The van der Waals surface area contributed by atoms with Gasteiger partial charge in [-0.2, -0.15) is 5.10 Å². The van der Waals surface area contributed by atoms with Gasteiger partial charge in [-0.25, -0.2) is 10.2 Å². The van der Waals surface area contributed by atoms with Crippen molar-refractivity contribution in [2.24, 2.45) is 5.10 Å². The third-order valence-corrected chi connectivity index (χ3v) is 4.09. The Balaban J connectivity index is 1.94. The molecule has 10 heteroatoms. The van der Waals surface area contributed by atoms with E-state index in [4.69, 9.17) is 4.74 Å². The summed E-state index contributed by atoms with van der Waals surface area (Å²) in [5.74, 6) is -0.537. The first kappa shape index (κ1) is 21.0. The third-order valence-electron chi connectivity index (χ3n) is 3.47. The number of nitrogens with one attached hydrogen (secondary N) is 1. The largest absolute Gasteiger partial charge is 0.481 e. The fraction of sp³-hybridized carbons (Fsp3) is 0.167. The van der Waals surface area contributed by atoms with Gasteiger partial charge in [-0.15, -0.1) is 0 Å². The quantitative estimate of drug-likeness (QED) is 0.286. The van der Waals surface area contributed by atoms with E-state index in [0.29, 0.717) is 21.3 Å². The lowest BCUT2D eigenvalue weighted by atomic mass is 10.1.